The fourth-order valence-corrected chi connectivity index (χ4v) is 3.97. The van der Waals surface area contributed by atoms with Crippen LogP contribution in [-0.4, -0.2) is 10.8 Å². The van der Waals surface area contributed by atoms with Crippen molar-refractivity contribution >= 4 is 11.4 Å². The van der Waals surface area contributed by atoms with Crippen LogP contribution >= 0.6 is 0 Å². The number of hydrogen-bond acceptors (Lipinski definition) is 3. The van der Waals surface area contributed by atoms with Crippen molar-refractivity contribution in [2.45, 2.75) is 60.3 Å². The number of H-pyrrole nitrogens is 1. The van der Waals surface area contributed by atoms with Gasteiger partial charge >= 0.3 is 0 Å². The van der Waals surface area contributed by atoms with Crippen LogP contribution in [-0.2, 0) is 0 Å². The van der Waals surface area contributed by atoms with Gasteiger partial charge in [-0.1, -0.05) is 59.8 Å². The average Bonchev–Trinajstić information content (AvgIpc) is 2.67. The standard InChI is InChI=1S/C25H34N2O2/c1-8-11-15(4)12-13-19(16(5)9-2)22-23(26-10-3)18(7)24-21(25(22)29)17(6)14-20(28)27-24/h10,13-16,26H,3,7-9,11-12H2,1-2,4-6H3,(H,27,28)/b19-13-/t15-,16+/m0/s1. The molecule has 1 aromatic rings. The fraction of sp³-hybridized carbons (Fsp3) is 0.440. The summed E-state index contributed by atoms with van der Waals surface area (Å²) < 4.78 is 0. The van der Waals surface area contributed by atoms with Gasteiger partial charge in [-0.15, -0.1) is 0 Å². The van der Waals surface area contributed by atoms with E-state index >= 15 is 0 Å². The second-order valence-corrected chi connectivity index (χ2v) is 8.07. The molecule has 0 unspecified atom stereocenters. The summed E-state index contributed by atoms with van der Waals surface area (Å²) >= 11 is 0. The lowest BCUT2D eigenvalue weighted by Gasteiger charge is -2.28. The molecule has 0 spiro atoms. The Morgan fingerprint density at radius 1 is 1.28 bits per heavy atom. The minimum Gasteiger partial charge on any atom is -0.361 e. The van der Waals surface area contributed by atoms with E-state index in [4.69, 9.17) is 0 Å². The number of aromatic nitrogens is 1. The first-order valence-electron chi connectivity index (χ1n) is 10.6. The Hall–Kier alpha value is -2.62. The summed E-state index contributed by atoms with van der Waals surface area (Å²) in [6.45, 7) is 18.5. The number of rotatable bonds is 9. The zero-order valence-corrected chi connectivity index (χ0v) is 18.4. The monoisotopic (exact) mass is 394 g/mol. The largest absolute Gasteiger partial charge is 0.361 e. The summed E-state index contributed by atoms with van der Waals surface area (Å²) in [4.78, 5) is 28.5. The number of ketones is 1. The van der Waals surface area contributed by atoms with Gasteiger partial charge in [-0.3, -0.25) is 9.59 Å². The number of hydrogen-bond donors (Lipinski definition) is 2. The van der Waals surface area contributed by atoms with Crippen LogP contribution in [0.2, 0.25) is 0 Å². The number of allylic oxidation sites excluding steroid dienone is 4. The van der Waals surface area contributed by atoms with Crippen LogP contribution in [0.1, 0.15) is 75.0 Å². The van der Waals surface area contributed by atoms with Crippen LogP contribution in [0, 0.1) is 18.8 Å². The van der Waals surface area contributed by atoms with Gasteiger partial charge in [0.05, 0.1) is 11.4 Å². The minimum atomic E-state index is -0.234. The van der Waals surface area contributed by atoms with Gasteiger partial charge in [0, 0.05) is 22.8 Å². The number of pyridine rings is 1. The van der Waals surface area contributed by atoms with E-state index in [-0.39, 0.29) is 17.3 Å². The van der Waals surface area contributed by atoms with E-state index in [0.717, 1.165) is 31.3 Å². The highest BCUT2D eigenvalue weighted by atomic mass is 16.1. The van der Waals surface area contributed by atoms with Crippen molar-refractivity contribution in [2.75, 3.05) is 0 Å². The molecule has 1 aliphatic carbocycles. The summed E-state index contributed by atoms with van der Waals surface area (Å²) in [7, 11) is 0. The Labute approximate surface area is 174 Å². The van der Waals surface area contributed by atoms with E-state index < -0.39 is 0 Å². The Bertz CT molecular complexity index is 931. The van der Waals surface area contributed by atoms with Crippen molar-refractivity contribution in [1.29, 1.82) is 0 Å². The molecule has 0 saturated heterocycles. The lowest BCUT2D eigenvalue weighted by atomic mass is 9.78. The van der Waals surface area contributed by atoms with E-state index in [2.05, 4.69) is 57.2 Å². The molecule has 0 saturated carbocycles. The normalized spacial score (nSPS) is 16.5. The lowest BCUT2D eigenvalue weighted by molar-refractivity contribution is 0.103. The lowest BCUT2D eigenvalue weighted by Crippen LogP contribution is -2.28. The van der Waals surface area contributed by atoms with E-state index in [9.17, 15) is 9.59 Å². The Morgan fingerprint density at radius 3 is 2.55 bits per heavy atom. The summed E-state index contributed by atoms with van der Waals surface area (Å²) in [6.07, 6.45) is 7.94. The van der Waals surface area contributed by atoms with Crippen molar-refractivity contribution in [3.63, 3.8) is 0 Å². The molecule has 1 aliphatic rings. The predicted molar refractivity (Wildman–Crippen MR) is 122 cm³/mol. The van der Waals surface area contributed by atoms with Crippen LogP contribution in [0.3, 0.4) is 0 Å². The highest BCUT2D eigenvalue weighted by Crippen LogP contribution is 2.38. The zero-order chi connectivity index (χ0) is 21.7. The molecule has 2 atom stereocenters. The van der Waals surface area contributed by atoms with E-state index in [0.29, 0.717) is 39.6 Å². The molecule has 0 bridgehead atoms. The summed E-state index contributed by atoms with van der Waals surface area (Å²) in [6, 6.07) is 1.48. The maximum Gasteiger partial charge on any atom is 0.248 e. The van der Waals surface area contributed by atoms with Crippen molar-refractivity contribution in [2.24, 2.45) is 11.8 Å². The number of nitrogens with one attached hydrogen (secondary N) is 2. The first-order chi connectivity index (χ1) is 13.8. The van der Waals surface area contributed by atoms with Crippen molar-refractivity contribution in [3.8, 4) is 0 Å². The van der Waals surface area contributed by atoms with E-state index in [1.807, 2.05) is 0 Å². The SMILES string of the molecule is C=CNC1=C(/C(=C\C[C@@H](C)CCC)[C@H](C)CC)C(=O)c2c(C)cc(=O)[nH]c2C1=C. The third kappa shape index (κ3) is 4.69. The third-order valence-electron chi connectivity index (χ3n) is 5.75. The van der Waals surface area contributed by atoms with Crippen LogP contribution < -0.4 is 10.9 Å². The molecule has 0 radical (unpaired) electrons. The Balaban J connectivity index is 2.71. The highest BCUT2D eigenvalue weighted by Gasteiger charge is 2.33. The first-order valence-corrected chi connectivity index (χ1v) is 10.6. The zero-order valence-electron chi connectivity index (χ0n) is 18.4. The van der Waals surface area contributed by atoms with Gasteiger partial charge < -0.3 is 10.3 Å². The molecule has 2 N–H and O–H groups in total. The topological polar surface area (TPSA) is 62.0 Å². The molecule has 0 amide bonds. The second-order valence-electron chi connectivity index (χ2n) is 8.07. The molecule has 0 fully saturated rings. The number of aromatic amines is 1. The number of fused-ring (bicyclic) bond motifs is 1. The third-order valence-corrected chi connectivity index (χ3v) is 5.75. The molecule has 2 rings (SSSR count). The summed E-state index contributed by atoms with van der Waals surface area (Å²) in [5.74, 6) is 0.713. The molecule has 0 aromatic carbocycles. The molecular formula is C25H34N2O2. The molecule has 1 heterocycles. The first kappa shape index (κ1) is 22.7. The molecule has 29 heavy (non-hydrogen) atoms. The van der Waals surface area contributed by atoms with Gasteiger partial charge in [-0.05, 0) is 48.9 Å². The van der Waals surface area contributed by atoms with Gasteiger partial charge in [0.2, 0.25) is 5.56 Å². The molecule has 0 aliphatic heterocycles. The van der Waals surface area contributed by atoms with Gasteiger partial charge in [-0.2, -0.15) is 0 Å². The van der Waals surface area contributed by atoms with E-state index in [1.165, 1.54) is 6.07 Å². The minimum absolute atomic E-state index is 0.0693. The fourth-order valence-electron chi connectivity index (χ4n) is 3.97. The molecule has 1 aromatic heterocycles. The van der Waals surface area contributed by atoms with E-state index in [1.54, 1.807) is 13.1 Å². The molecule has 4 nitrogen and oxygen atoms in total. The van der Waals surface area contributed by atoms with Gasteiger partial charge in [0.15, 0.2) is 5.78 Å². The molecular weight excluding hydrogens is 360 g/mol. The van der Waals surface area contributed by atoms with Gasteiger partial charge in [0.1, 0.15) is 0 Å². The Morgan fingerprint density at radius 2 is 1.97 bits per heavy atom. The summed E-state index contributed by atoms with van der Waals surface area (Å²) in [5.41, 5.74) is 4.42. The molecule has 4 heteroatoms. The van der Waals surface area contributed by atoms with Crippen molar-refractivity contribution in [3.05, 3.63) is 75.5 Å². The van der Waals surface area contributed by atoms with Crippen molar-refractivity contribution < 1.29 is 4.79 Å². The predicted octanol–water partition coefficient (Wildman–Crippen LogP) is 5.68. The Kier molecular flexibility index (Phi) is 7.60. The number of carbonyl (C=O) groups excluding carboxylic acids is 1. The smallest absolute Gasteiger partial charge is 0.248 e. The maximum absolute atomic E-state index is 13.7. The quantitative estimate of drug-likeness (QED) is 0.566. The van der Waals surface area contributed by atoms with Crippen LogP contribution in [0.4, 0.5) is 0 Å². The average molecular weight is 395 g/mol. The summed E-state index contributed by atoms with van der Waals surface area (Å²) in [5, 5.41) is 3.13. The molecule has 156 valence electrons. The second kappa shape index (κ2) is 9.73. The number of aryl methyl sites for hydroxylation is 1. The maximum atomic E-state index is 13.7. The van der Waals surface area contributed by atoms with Crippen LogP contribution in [0.15, 0.2) is 53.1 Å². The number of carbonyl (C=O) groups is 1. The van der Waals surface area contributed by atoms with Crippen LogP contribution in [0.5, 0.6) is 0 Å². The van der Waals surface area contributed by atoms with Gasteiger partial charge in [-0.25, -0.2) is 0 Å². The number of Topliss-reactive ketones (excluding diaryl/α,β-unsaturated/α-hetero) is 1. The van der Waals surface area contributed by atoms with Gasteiger partial charge in [0.25, 0.3) is 0 Å². The highest BCUT2D eigenvalue weighted by molar-refractivity contribution is 6.19. The van der Waals surface area contributed by atoms with Crippen molar-refractivity contribution in [1.82, 2.24) is 10.3 Å². The van der Waals surface area contributed by atoms with Crippen LogP contribution in [0.25, 0.3) is 5.57 Å².